The molecule has 0 aromatic heterocycles. The topological polar surface area (TPSA) is 89.0 Å². The molecule has 0 atom stereocenters. The van der Waals surface area contributed by atoms with E-state index < -0.39 is 11.8 Å². The van der Waals surface area contributed by atoms with Crippen LogP contribution < -0.4 is 20.2 Å². The molecule has 0 unspecified atom stereocenters. The second kappa shape index (κ2) is 10.7. The minimum absolute atomic E-state index is 0.197. The highest BCUT2D eigenvalue weighted by Crippen LogP contribution is 2.29. The van der Waals surface area contributed by atoms with Gasteiger partial charge in [-0.1, -0.05) is 35.9 Å². The van der Waals surface area contributed by atoms with Crippen molar-refractivity contribution in [2.24, 2.45) is 5.10 Å². The molecule has 0 bridgehead atoms. The Bertz CT molecular complexity index is 884. The van der Waals surface area contributed by atoms with Gasteiger partial charge < -0.3 is 14.8 Å². The molecule has 2 aromatic carbocycles. The van der Waals surface area contributed by atoms with Gasteiger partial charge in [-0.25, -0.2) is 5.43 Å². The lowest BCUT2D eigenvalue weighted by atomic mass is 10.2. The fourth-order valence-corrected chi connectivity index (χ4v) is 2.31. The van der Waals surface area contributed by atoms with Gasteiger partial charge in [-0.3, -0.25) is 9.59 Å². The quantitative estimate of drug-likeness (QED) is 0.308. The number of hydrazone groups is 1. The third-order valence-corrected chi connectivity index (χ3v) is 3.89. The van der Waals surface area contributed by atoms with Gasteiger partial charge in [-0.15, -0.1) is 6.58 Å². The van der Waals surface area contributed by atoms with E-state index in [1.807, 2.05) is 18.2 Å². The van der Waals surface area contributed by atoms with E-state index in [0.717, 1.165) is 5.56 Å². The van der Waals surface area contributed by atoms with Crippen LogP contribution in [0.2, 0.25) is 5.02 Å². The maximum Gasteiger partial charge on any atom is 0.329 e. The maximum atomic E-state index is 11.5. The van der Waals surface area contributed by atoms with E-state index in [1.54, 1.807) is 24.3 Å². The molecule has 0 spiro atoms. The van der Waals surface area contributed by atoms with Crippen molar-refractivity contribution in [1.29, 1.82) is 0 Å². The lowest BCUT2D eigenvalue weighted by molar-refractivity contribution is -0.139. The van der Waals surface area contributed by atoms with Gasteiger partial charge in [-0.2, -0.15) is 5.10 Å². The fourth-order valence-electron chi connectivity index (χ4n) is 2.12. The van der Waals surface area contributed by atoms with E-state index in [0.29, 0.717) is 28.7 Å². The van der Waals surface area contributed by atoms with Crippen LogP contribution in [0, 0.1) is 0 Å². The number of benzene rings is 2. The number of hydrogen-bond donors (Lipinski definition) is 2. The highest BCUT2D eigenvalue weighted by Gasteiger charge is 2.11. The van der Waals surface area contributed by atoms with Crippen LogP contribution in [0.5, 0.6) is 11.5 Å². The van der Waals surface area contributed by atoms with Crippen molar-refractivity contribution < 1.29 is 19.1 Å². The van der Waals surface area contributed by atoms with Crippen LogP contribution in [0.4, 0.5) is 0 Å². The summed E-state index contributed by atoms with van der Waals surface area (Å²) in [6, 6.07) is 12.5. The van der Waals surface area contributed by atoms with Crippen LogP contribution in [-0.2, 0) is 16.2 Å². The van der Waals surface area contributed by atoms with Gasteiger partial charge in [0.05, 0.1) is 13.3 Å². The number of nitrogens with zero attached hydrogens (tertiary/aromatic N) is 1. The molecule has 0 aliphatic carbocycles. The molecular formula is C20H20ClN3O4. The Hall–Kier alpha value is -3.32. The van der Waals surface area contributed by atoms with Crippen LogP contribution in [0.25, 0.3) is 0 Å². The molecule has 0 radical (unpaired) electrons. The average molecular weight is 402 g/mol. The molecule has 8 heteroatoms. The van der Waals surface area contributed by atoms with E-state index >= 15 is 0 Å². The van der Waals surface area contributed by atoms with E-state index in [4.69, 9.17) is 21.1 Å². The van der Waals surface area contributed by atoms with Gasteiger partial charge in [-0.05, 0) is 29.8 Å². The molecule has 2 N–H and O–H groups in total. The van der Waals surface area contributed by atoms with Crippen molar-refractivity contribution in [3.8, 4) is 11.5 Å². The summed E-state index contributed by atoms with van der Waals surface area (Å²) < 4.78 is 11.1. The fraction of sp³-hybridized carbons (Fsp3) is 0.150. The summed E-state index contributed by atoms with van der Waals surface area (Å²) in [6.07, 6.45) is 2.86. The molecule has 7 nitrogen and oxygen atoms in total. The van der Waals surface area contributed by atoms with Gasteiger partial charge in [0.1, 0.15) is 6.61 Å². The standard InChI is InChI=1S/C20H20ClN3O4/c1-3-10-22-19(25)20(26)24-23-12-14-8-9-17(18(11-14)27-2)28-13-15-6-4-5-7-16(15)21/h3-9,11-12H,1,10,13H2,2H3,(H,22,25)(H,24,26)/b23-12-. The Morgan fingerprint density at radius 1 is 1.18 bits per heavy atom. The Labute approximate surface area is 168 Å². The number of rotatable bonds is 8. The van der Waals surface area contributed by atoms with Gasteiger partial charge in [0.2, 0.25) is 0 Å². The zero-order chi connectivity index (χ0) is 20.4. The Morgan fingerprint density at radius 2 is 1.96 bits per heavy atom. The number of halogens is 1. The number of carbonyl (C=O) groups excluding carboxylic acids is 2. The first-order chi connectivity index (χ1) is 13.5. The number of nitrogens with one attached hydrogen (secondary N) is 2. The molecule has 0 saturated carbocycles. The second-order valence-corrected chi connectivity index (χ2v) is 5.90. The largest absolute Gasteiger partial charge is 0.493 e. The number of ether oxygens (including phenoxy) is 2. The predicted octanol–water partition coefficient (Wildman–Crippen LogP) is 2.68. The van der Waals surface area contributed by atoms with Crippen LogP contribution in [0.15, 0.2) is 60.2 Å². The Morgan fingerprint density at radius 3 is 2.68 bits per heavy atom. The monoisotopic (exact) mass is 401 g/mol. The lowest BCUT2D eigenvalue weighted by Gasteiger charge is -2.12. The molecular weight excluding hydrogens is 382 g/mol. The minimum Gasteiger partial charge on any atom is -0.493 e. The second-order valence-electron chi connectivity index (χ2n) is 5.49. The van der Waals surface area contributed by atoms with Crippen molar-refractivity contribution in [1.82, 2.24) is 10.7 Å². The van der Waals surface area contributed by atoms with Crippen LogP contribution >= 0.6 is 11.6 Å². The highest BCUT2D eigenvalue weighted by molar-refractivity contribution is 6.35. The van der Waals surface area contributed by atoms with Gasteiger partial charge in [0.15, 0.2) is 11.5 Å². The molecule has 0 heterocycles. The maximum absolute atomic E-state index is 11.5. The molecule has 0 fully saturated rings. The number of methoxy groups -OCH3 is 1. The van der Waals surface area contributed by atoms with E-state index in [1.165, 1.54) is 19.4 Å². The average Bonchev–Trinajstić information content (AvgIpc) is 2.71. The molecule has 2 aromatic rings. The summed E-state index contributed by atoms with van der Waals surface area (Å²) in [7, 11) is 1.52. The van der Waals surface area contributed by atoms with Gasteiger partial charge >= 0.3 is 11.8 Å². The summed E-state index contributed by atoms with van der Waals surface area (Å²) in [5.74, 6) is -0.638. The Balaban J connectivity index is 1.98. The summed E-state index contributed by atoms with van der Waals surface area (Å²) in [6.45, 7) is 3.94. The minimum atomic E-state index is -0.871. The predicted molar refractivity (Wildman–Crippen MR) is 108 cm³/mol. The molecule has 2 amide bonds. The van der Waals surface area contributed by atoms with Crippen molar-refractivity contribution in [3.63, 3.8) is 0 Å². The molecule has 2 rings (SSSR count). The molecule has 0 saturated heterocycles. The van der Waals surface area contributed by atoms with Crippen molar-refractivity contribution in [2.45, 2.75) is 6.61 Å². The van der Waals surface area contributed by atoms with Crippen LogP contribution in [-0.4, -0.2) is 31.7 Å². The summed E-state index contributed by atoms with van der Waals surface area (Å²) in [4.78, 5) is 22.9. The summed E-state index contributed by atoms with van der Waals surface area (Å²) in [5.41, 5.74) is 3.65. The molecule has 146 valence electrons. The highest BCUT2D eigenvalue weighted by atomic mass is 35.5. The van der Waals surface area contributed by atoms with Crippen molar-refractivity contribution >= 4 is 29.6 Å². The SMILES string of the molecule is C=CCNC(=O)C(=O)N/N=C\c1ccc(OCc2ccccc2Cl)c(OC)c1. The summed E-state index contributed by atoms with van der Waals surface area (Å²) in [5, 5.41) is 6.73. The number of hydrogen-bond acceptors (Lipinski definition) is 5. The first-order valence-electron chi connectivity index (χ1n) is 8.31. The molecule has 0 aliphatic rings. The van der Waals surface area contributed by atoms with Crippen LogP contribution in [0.3, 0.4) is 0 Å². The van der Waals surface area contributed by atoms with E-state index in [9.17, 15) is 9.59 Å². The Kier molecular flexibility index (Phi) is 8.05. The van der Waals surface area contributed by atoms with Crippen molar-refractivity contribution in [3.05, 3.63) is 71.3 Å². The smallest absolute Gasteiger partial charge is 0.329 e. The third kappa shape index (κ3) is 6.14. The van der Waals surface area contributed by atoms with Crippen molar-refractivity contribution in [2.75, 3.05) is 13.7 Å². The zero-order valence-electron chi connectivity index (χ0n) is 15.3. The molecule has 0 aliphatic heterocycles. The lowest BCUT2D eigenvalue weighted by Crippen LogP contribution is -2.37. The van der Waals surface area contributed by atoms with E-state index in [2.05, 4.69) is 22.4 Å². The number of carbonyl (C=O) groups is 2. The first-order valence-corrected chi connectivity index (χ1v) is 8.69. The van der Waals surface area contributed by atoms with E-state index in [-0.39, 0.29) is 6.54 Å². The molecule has 28 heavy (non-hydrogen) atoms. The first kappa shape index (κ1) is 21.0. The third-order valence-electron chi connectivity index (χ3n) is 3.52. The van der Waals surface area contributed by atoms with Gasteiger partial charge in [0, 0.05) is 17.1 Å². The number of amides is 2. The van der Waals surface area contributed by atoms with Gasteiger partial charge in [0.25, 0.3) is 0 Å². The van der Waals surface area contributed by atoms with Crippen LogP contribution in [0.1, 0.15) is 11.1 Å². The normalized spacial score (nSPS) is 10.4. The summed E-state index contributed by atoms with van der Waals surface area (Å²) >= 11 is 6.13. The zero-order valence-corrected chi connectivity index (χ0v) is 16.0.